The Hall–Kier alpha value is -1.60. The molecule has 0 radical (unpaired) electrons. The van der Waals surface area contributed by atoms with Crippen LogP contribution in [0.2, 0.25) is 0 Å². The van der Waals surface area contributed by atoms with Crippen LogP contribution in [0.5, 0.6) is 0 Å². The topological polar surface area (TPSA) is 3.24 Å². The summed E-state index contributed by atoms with van der Waals surface area (Å²) in [7, 11) is 0. The average molecular weight is 336 g/mol. The minimum absolute atomic E-state index is 0.482. The van der Waals surface area contributed by atoms with Gasteiger partial charge in [0, 0.05) is 18.6 Å². The highest BCUT2D eigenvalue weighted by atomic mass is 15.2. The van der Waals surface area contributed by atoms with Crippen LogP contribution in [0.4, 0.5) is 0 Å². The first-order chi connectivity index (χ1) is 12.3. The van der Waals surface area contributed by atoms with Crippen molar-refractivity contribution in [2.75, 3.05) is 6.54 Å². The van der Waals surface area contributed by atoms with Crippen LogP contribution < -0.4 is 0 Å². The van der Waals surface area contributed by atoms with Crippen LogP contribution in [-0.2, 0) is 6.42 Å². The second-order valence-corrected chi connectivity index (χ2v) is 7.49. The zero-order valence-corrected chi connectivity index (χ0v) is 16.0. The molecule has 0 aromatic heterocycles. The van der Waals surface area contributed by atoms with Gasteiger partial charge >= 0.3 is 0 Å². The minimum Gasteiger partial charge on any atom is -0.289 e. The molecule has 0 saturated carbocycles. The highest BCUT2D eigenvalue weighted by molar-refractivity contribution is 5.33. The Morgan fingerprint density at radius 2 is 1.64 bits per heavy atom. The van der Waals surface area contributed by atoms with Crippen LogP contribution in [0.1, 0.15) is 81.1 Å². The molecule has 0 aliphatic carbocycles. The van der Waals surface area contributed by atoms with Crippen LogP contribution in [0, 0.1) is 0 Å². The molecule has 1 nitrogen and oxygen atoms in total. The molecule has 3 rings (SSSR count). The second-order valence-electron chi connectivity index (χ2n) is 7.49. The maximum Gasteiger partial charge on any atom is 0.0357 e. The number of rotatable bonds is 8. The van der Waals surface area contributed by atoms with E-state index >= 15 is 0 Å². The van der Waals surface area contributed by atoms with Crippen molar-refractivity contribution < 1.29 is 0 Å². The smallest absolute Gasteiger partial charge is 0.0357 e. The molecule has 0 unspecified atom stereocenters. The van der Waals surface area contributed by atoms with Crippen LogP contribution in [0.3, 0.4) is 0 Å². The lowest BCUT2D eigenvalue weighted by Crippen LogP contribution is -2.37. The second kappa shape index (κ2) is 9.20. The van der Waals surface area contributed by atoms with Gasteiger partial charge in [0.05, 0.1) is 0 Å². The summed E-state index contributed by atoms with van der Waals surface area (Å²) in [6.45, 7) is 5.85. The Balaban J connectivity index is 1.76. The first-order valence-corrected chi connectivity index (χ1v) is 10.2. The van der Waals surface area contributed by atoms with E-state index in [0.717, 1.165) is 0 Å². The van der Waals surface area contributed by atoms with E-state index in [1.807, 2.05) is 0 Å². The molecule has 1 aliphatic rings. The van der Waals surface area contributed by atoms with E-state index < -0.39 is 0 Å². The molecule has 134 valence electrons. The summed E-state index contributed by atoms with van der Waals surface area (Å²) in [6.07, 6.45) is 9.28. The fourth-order valence-corrected chi connectivity index (χ4v) is 4.32. The summed E-state index contributed by atoms with van der Waals surface area (Å²) in [5, 5.41) is 0. The zero-order valence-electron chi connectivity index (χ0n) is 16.0. The number of nitrogens with zero attached hydrogens (tertiary/aromatic N) is 1. The van der Waals surface area contributed by atoms with Gasteiger partial charge in [-0.2, -0.15) is 0 Å². The molecular formula is C24H33N. The monoisotopic (exact) mass is 335 g/mol. The van der Waals surface area contributed by atoms with Crippen LogP contribution in [0.25, 0.3) is 0 Å². The predicted molar refractivity (Wildman–Crippen MR) is 108 cm³/mol. The Morgan fingerprint density at radius 1 is 0.920 bits per heavy atom. The molecule has 0 amide bonds. The van der Waals surface area contributed by atoms with Gasteiger partial charge in [0.2, 0.25) is 0 Å². The lowest BCUT2D eigenvalue weighted by atomic mass is 9.87. The van der Waals surface area contributed by atoms with E-state index in [9.17, 15) is 0 Å². The maximum absolute atomic E-state index is 2.75. The molecule has 2 aromatic rings. The summed E-state index contributed by atoms with van der Waals surface area (Å²) in [6, 6.07) is 21.2. The highest BCUT2D eigenvalue weighted by Crippen LogP contribution is 2.38. The molecule has 2 aromatic carbocycles. The SMILES string of the molecule is CCCCCCC[C@H]1c2ccccc2CCN1[C@@H](C)c1ccccc1. The molecule has 1 heteroatoms. The number of hydrogen-bond donors (Lipinski definition) is 0. The maximum atomic E-state index is 2.75. The van der Waals surface area contributed by atoms with Crippen molar-refractivity contribution in [1.29, 1.82) is 0 Å². The summed E-state index contributed by atoms with van der Waals surface area (Å²) < 4.78 is 0. The summed E-state index contributed by atoms with van der Waals surface area (Å²) >= 11 is 0. The molecular weight excluding hydrogens is 302 g/mol. The lowest BCUT2D eigenvalue weighted by molar-refractivity contribution is 0.123. The molecule has 1 aliphatic heterocycles. The summed E-state index contributed by atoms with van der Waals surface area (Å²) in [5.41, 5.74) is 4.59. The largest absolute Gasteiger partial charge is 0.289 e. The Morgan fingerprint density at radius 3 is 2.44 bits per heavy atom. The third kappa shape index (κ3) is 4.52. The zero-order chi connectivity index (χ0) is 17.5. The molecule has 0 fully saturated rings. The fourth-order valence-electron chi connectivity index (χ4n) is 4.32. The molecule has 0 spiro atoms. The average Bonchev–Trinajstić information content (AvgIpc) is 2.68. The van der Waals surface area contributed by atoms with Gasteiger partial charge in [-0.15, -0.1) is 0 Å². The van der Waals surface area contributed by atoms with Gasteiger partial charge in [-0.1, -0.05) is 93.6 Å². The summed E-state index contributed by atoms with van der Waals surface area (Å²) in [4.78, 5) is 2.75. The van der Waals surface area contributed by atoms with Crippen molar-refractivity contribution in [3.05, 3.63) is 71.3 Å². The van der Waals surface area contributed by atoms with Crippen molar-refractivity contribution in [2.45, 2.75) is 70.9 Å². The minimum atomic E-state index is 0.482. The van der Waals surface area contributed by atoms with Crippen LogP contribution >= 0.6 is 0 Å². The number of fused-ring (bicyclic) bond motifs is 1. The van der Waals surface area contributed by atoms with Gasteiger partial charge in [-0.05, 0) is 36.5 Å². The van der Waals surface area contributed by atoms with Gasteiger partial charge in [-0.25, -0.2) is 0 Å². The van der Waals surface area contributed by atoms with Crippen LogP contribution in [-0.4, -0.2) is 11.4 Å². The van der Waals surface area contributed by atoms with E-state index in [-0.39, 0.29) is 0 Å². The third-order valence-corrected chi connectivity index (χ3v) is 5.81. The van der Waals surface area contributed by atoms with Gasteiger partial charge in [-0.3, -0.25) is 4.90 Å². The fraction of sp³-hybridized carbons (Fsp3) is 0.500. The molecule has 1 heterocycles. The quantitative estimate of drug-likeness (QED) is 0.485. The molecule has 0 bridgehead atoms. The van der Waals surface area contributed by atoms with Gasteiger partial charge in [0.15, 0.2) is 0 Å². The molecule has 0 saturated heterocycles. The summed E-state index contributed by atoms with van der Waals surface area (Å²) in [5.74, 6) is 0. The first kappa shape index (κ1) is 18.2. The van der Waals surface area contributed by atoms with Gasteiger partial charge in [0.25, 0.3) is 0 Å². The van der Waals surface area contributed by atoms with Crippen molar-refractivity contribution >= 4 is 0 Å². The van der Waals surface area contributed by atoms with Crippen LogP contribution in [0.15, 0.2) is 54.6 Å². The van der Waals surface area contributed by atoms with E-state index in [0.29, 0.717) is 12.1 Å². The molecule has 25 heavy (non-hydrogen) atoms. The lowest BCUT2D eigenvalue weighted by Gasteiger charge is -2.41. The van der Waals surface area contributed by atoms with Crippen molar-refractivity contribution in [3.63, 3.8) is 0 Å². The number of benzene rings is 2. The van der Waals surface area contributed by atoms with E-state index in [1.54, 1.807) is 11.1 Å². The first-order valence-electron chi connectivity index (χ1n) is 10.2. The molecule has 2 atom stereocenters. The van der Waals surface area contributed by atoms with Crippen molar-refractivity contribution in [3.8, 4) is 0 Å². The normalized spacial score (nSPS) is 18.7. The Labute approximate surface area is 154 Å². The van der Waals surface area contributed by atoms with E-state index in [4.69, 9.17) is 0 Å². The Kier molecular flexibility index (Phi) is 6.69. The third-order valence-electron chi connectivity index (χ3n) is 5.81. The predicted octanol–water partition coefficient (Wildman–Crippen LogP) is 6.71. The Bertz CT molecular complexity index is 634. The standard InChI is InChI=1S/C24H33N/c1-3-4-5-6-10-17-24-23-16-12-11-15-22(23)18-19-25(24)20(2)21-13-8-7-9-14-21/h7-9,11-16,20,24H,3-6,10,17-19H2,1-2H3/t20-,24-/m0/s1. The van der Waals surface area contributed by atoms with E-state index in [1.165, 1.54) is 57.1 Å². The van der Waals surface area contributed by atoms with Gasteiger partial charge < -0.3 is 0 Å². The highest BCUT2D eigenvalue weighted by Gasteiger charge is 2.30. The van der Waals surface area contributed by atoms with Crippen molar-refractivity contribution in [1.82, 2.24) is 4.90 Å². The molecule has 0 N–H and O–H groups in total. The number of unbranched alkanes of at least 4 members (excludes halogenated alkanes) is 4. The van der Waals surface area contributed by atoms with Gasteiger partial charge in [0.1, 0.15) is 0 Å². The van der Waals surface area contributed by atoms with Crippen molar-refractivity contribution in [2.24, 2.45) is 0 Å². The number of hydrogen-bond acceptors (Lipinski definition) is 1. The van der Waals surface area contributed by atoms with E-state index in [2.05, 4.69) is 73.3 Å².